The standard InChI is InChI=1S/C11H22BNO3S2/c1-2-3-4-5-6-9-18(15,16)13(12-17)11(14)10-7-8-10/h10,12,17H,2-9H2,1H3. The molecule has 0 N–H and O–H groups in total. The maximum atomic E-state index is 12.0. The monoisotopic (exact) mass is 291 g/mol. The summed E-state index contributed by atoms with van der Waals surface area (Å²) in [6.45, 7) is 2.08. The number of carbonyl (C=O) groups is 1. The van der Waals surface area contributed by atoms with Crippen LogP contribution in [0.5, 0.6) is 0 Å². The highest BCUT2D eigenvalue weighted by Crippen LogP contribution is 2.31. The van der Waals surface area contributed by atoms with Crippen LogP contribution in [0.4, 0.5) is 0 Å². The molecular weight excluding hydrogens is 269 g/mol. The number of rotatable bonds is 9. The SMILES string of the molecule is CCCCCCCS(=O)(=O)N(BS)C(=O)C1CC1. The summed E-state index contributed by atoms with van der Waals surface area (Å²) in [4.78, 5) is 11.8. The van der Waals surface area contributed by atoms with Gasteiger partial charge in [0.25, 0.3) is 0 Å². The molecule has 7 heteroatoms. The van der Waals surface area contributed by atoms with Crippen molar-refractivity contribution in [3.63, 3.8) is 0 Å². The molecule has 0 aromatic heterocycles. The van der Waals surface area contributed by atoms with Crippen molar-refractivity contribution >= 4 is 35.1 Å². The Kier molecular flexibility index (Phi) is 6.56. The molecule has 0 heterocycles. The molecule has 0 atom stereocenters. The second-order valence-corrected chi connectivity index (χ2v) is 7.13. The molecule has 1 aliphatic carbocycles. The summed E-state index contributed by atoms with van der Waals surface area (Å²) in [5.74, 6) is -0.277. The lowest BCUT2D eigenvalue weighted by Gasteiger charge is -2.20. The van der Waals surface area contributed by atoms with Crippen molar-refractivity contribution in [3.8, 4) is 0 Å². The molecule has 1 fully saturated rings. The average Bonchev–Trinajstić information content (AvgIpc) is 3.12. The van der Waals surface area contributed by atoms with Gasteiger partial charge < -0.3 is 0 Å². The number of hydrogen-bond donors (Lipinski definition) is 1. The number of nitrogens with zero attached hydrogens (tertiary/aromatic N) is 1. The van der Waals surface area contributed by atoms with Crippen LogP contribution in [-0.4, -0.2) is 31.0 Å². The summed E-state index contributed by atoms with van der Waals surface area (Å²) >= 11 is 3.98. The predicted octanol–water partition coefficient (Wildman–Crippen LogP) is 1.72. The summed E-state index contributed by atoms with van der Waals surface area (Å²) in [5, 5.41) is 0. The van der Waals surface area contributed by atoms with Gasteiger partial charge in [-0.05, 0) is 19.3 Å². The first-order chi connectivity index (χ1) is 8.53. The van der Waals surface area contributed by atoms with Gasteiger partial charge in [0.1, 0.15) is 0 Å². The molecule has 0 unspecified atom stereocenters. The van der Waals surface area contributed by atoms with Crippen molar-refractivity contribution in [2.45, 2.75) is 51.9 Å². The van der Waals surface area contributed by atoms with Crippen LogP contribution < -0.4 is 0 Å². The third-order valence-corrected chi connectivity index (χ3v) is 5.40. The highest BCUT2D eigenvalue weighted by atomic mass is 32.2. The molecule has 1 aliphatic rings. The van der Waals surface area contributed by atoms with E-state index >= 15 is 0 Å². The predicted molar refractivity (Wildman–Crippen MR) is 78.3 cm³/mol. The Balaban J connectivity index is 2.41. The Morgan fingerprint density at radius 3 is 2.39 bits per heavy atom. The highest BCUT2D eigenvalue weighted by molar-refractivity contribution is 8.09. The fraction of sp³-hybridized carbons (Fsp3) is 0.909. The molecule has 18 heavy (non-hydrogen) atoms. The van der Waals surface area contributed by atoms with Crippen LogP contribution in [0.2, 0.25) is 0 Å². The molecule has 0 radical (unpaired) electrons. The third kappa shape index (κ3) is 4.84. The van der Waals surface area contributed by atoms with Crippen LogP contribution in [0, 0.1) is 5.92 Å². The molecule has 104 valence electrons. The first-order valence-corrected chi connectivity index (χ1v) is 8.92. The second kappa shape index (κ2) is 7.43. The zero-order valence-corrected chi connectivity index (χ0v) is 12.7. The van der Waals surface area contributed by atoms with Crippen LogP contribution >= 0.6 is 12.5 Å². The Hall–Kier alpha value is -0.165. The van der Waals surface area contributed by atoms with Crippen molar-refractivity contribution in [3.05, 3.63) is 0 Å². The van der Waals surface area contributed by atoms with E-state index in [9.17, 15) is 13.2 Å². The summed E-state index contributed by atoms with van der Waals surface area (Å²) < 4.78 is 25.0. The molecule has 0 aliphatic heterocycles. The quantitative estimate of drug-likeness (QED) is 0.400. The number of sulfonamides is 1. The van der Waals surface area contributed by atoms with Crippen LogP contribution in [0.3, 0.4) is 0 Å². The first-order valence-electron chi connectivity index (χ1n) is 6.68. The van der Waals surface area contributed by atoms with E-state index < -0.39 is 10.0 Å². The van der Waals surface area contributed by atoms with Crippen molar-refractivity contribution in [1.29, 1.82) is 0 Å². The highest BCUT2D eigenvalue weighted by Gasteiger charge is 2.37. The first kappa shape index (κ1) is 15.9. The van der Waals surface area contributed by atoms with E-state index in [0.717, 1.165) is 42.7 Å². The van der Waals surface area contributed by atoms with Gasteiger partial charge >= 0.3 is 6.69 Å². The number of amides is 1. The molecule has 0 aromatic carbocycles. The van der Waals surface area contributed by atoms with E-state index in [-0.39, 0.29) is 24.3 Å². The lowest BCUT2D eigenvalue weighted by molar-refractivity contribution is -0.124. The molecule has 1 rings (SSSR count). The Morgan fingerprint density at radius 2 is 1.89 bits per heavy atom. The van der Waals surface area contributed by atoms with Gasteiger partial charge in [0.2, 0.25) is 15.9 Å². The summed E-state index contributed by atoms with van der Waals surface area (Å²) in [6.07, 6.45) is 6.50. The second-order valence-electron chi connectivity index (χ2n) is 4.83. The molecule has 4 nitrogen and oxygen atoms in total. The summed E-state index contributed by atoms with van der Waals surface area (Å²) in [6, 6.07) is 0. The Labute approximate surface area is 116 Å². The van der Waals surface area contributed by atoms with Crippen LogP contribution in [0.25, 0.3) is 0 Å². The zero-order valence-electron chi connectivity index (χ0n) is 11.0. The molecule has 0 aromatic rings. The maximum absolute atomic E-state index is 12.0. The smallest absolute Gasteiger partial charge is 0.279 e. The minimum atomic E-state index is -3.46. The zero-order chi connectivity index (χ0) is 13.6. The van der Waals surface area contributed by atoms with Gasteiger partial charge in [0.15, 0.2) is 0 Å². The van der Waals surface area contributed by atoms with E-state index in [1.165, 1.54) is 0 Å². The number of thiol groups is 1. The molecule has 0 spiro atoms. The topological polar surface area (TPSA) is 54.5 Å². The van der Waals surface area contributed by atoms with Gasteiger partial charge in [0.05, 0.1) is 5.75 Å². The van der Waals surface area contributed by atoms with Crippen molar-refractivity contribution in [1.82, 2.24) is 4.22 Å². The van der Waals surface area contributed by atoms with Gasteiger partial charge in [0, 0.05) is 5.92 Å². The van der Waals surface area contributed by atoms with Crippen molar-refractivity contribution in [2.75, 3.05) is 5.75 Å². The number of hydrogen-bond acceptors (Lipinski definition) is 4. The number of unbranched alkanes of at least 4 members (excludes halogenated alkanes) is 4. The fourth-order valence-electron chi connectivity index (χ4n) is 1.83. The summed E-state index contributed by atoms with van der Waals surface area (Å²) in [5.41, 5.74) is 0. The van der Waals surface area contributed by atoms with Gasteiger partial charge in [-0.2, -0.15) is 0 Å². The van der Waals surface area contributed by atoms with E-state index in [0.29, 0.717) is 6.42 Å². The molecule has 0 bridgehead atoms. The maximum Gasteiger partial charge on any atom is 0.322 e. The van der Waals surface area contributed by atoms with E-state index in [1.54, 1.807) is 0 Å². The van der Waals surface area contributed by atoms with Crippen LogP contribution in [0.15, 0.2) is 0 Å². The van der Waals surface area contributed by atoms with E-state index in [4.69, 9.17) is 0 Å². The minimum absolute atomic E-state index is 0.0351. The average molecular weight is 291 g/mol. The van der Waals surface area contributed by atoms with Crippen molar-refractivity contribution < 1.29 is 13.2 Å². The molecule has 1 saturated carbocycles. The fourth-order valence-corrected chi connectivity index (χ4v) is 3.88. The lowest BCUT2D eigenvalue weighted by Crippen LogP contribution is -2.40. The third-order valence-electron chi connectivity index (χ3n) is 3.14. The Morgan fingerprint density at radius 1 is 1.28 bits per heavy atom. The number of carbonyl (C=O) groups excluding carboxylic acids is 1. The van der Waals surface area contributed by atoms with Gasteiger partial charge in [-0.1, -0.05) is 32.6 Å². The van der Waals surface area contributed by atoms with E-state index in [2.05, 4.69) is 19.4 Å². The summed E-state index contributed by atoms with van der Waals surface area (Å²) in [7, 11) is -3.46. The molecule has 0 saturated heterocycles. The molecule has 1 amide bonds. The normalized spacial score (nSPS) is 15.4. The van der Waals surface area contributed by atoms with Gasteiger partial charge in [-0.25, -0.2) is 20.9 Å². The van der Waals surface area contributed by atoms with Crippen LogP contribution in [0.1, 0.15) is 51.9 Å². The lowest BCUT2D eigenvalue weighted by atomic mass is 10.2. The van der Waals surface area contributed by atoms with Gasteiger partial charge in [-0.3, -0.25) is 9.01 Å². The van der Waals surface area contributed by atoms with Gasteiger partial charge in [-0.15, -0.1) is 0 Å². The molecular formula is C11H22BNO3S2. The van der Waals surface area contributed by atoms with E-state index in [1.807, 2.05) is 0 Å². The largest absolute Gasteiger partial charge is 0.322 e. The Bertz CT molecular complexity index is 368. The minimum Gasteiger partial charge on any atom is -0.279 e. The van der Waals surface area contributed by atoms with Crippen LogP contribution in [-0.2, 0) is 14.8 Å². The van der Waals surface area contributed by atoms with Crippen molar-refractivity contribution in [2.24, 2.45) is 5.92 Å².